The van der Waals surface area contributed by atoms with Crippen molar-refractivity contribution >= 4 is 16.9 Å². The van der Waals surface area contributed by atoms with Gasteiger partial charge in [-0.3, -0.25) is 9.36 Å². The summed E-state index contributed by atoms with van der Waals surface area (Å²) < 4.78 is 33.3. The Morgan fingerprint density at radius 2 is 2.08 bits per heavy atom. The number of rotatable bonds is 5. The van der Waals surface area contributed by atoms with Crippen molar-refractivity contribution in [3.63, 3.8) is 0 Å². The third-order valence-electron chi connectivity index (χ3n) is 4.88. The Labute approximate surface area is 144 Å². The lowest BCUT2D eigenvalue weighted by atomic mass is 9.79. The van der Waals surface area contributed by atoms with Crippen LogP contribution in [0, 0.1) is 5.41 Å². The van der Waals surface area contributed by atoms with E-state index >= 15 is 0 Å². The number of alkyl halides is 2. The second-order valence-electron chi connectivity index (χ2n) is 6.40. The highest BCUT2D eigenvalue weighted by molar-refractivity contribution is 5.83. The molecule has 1 unspecified atom stereocenters. The summed E-state index contributed by atoms with van der Waals surface area (Å²) >= 11 is 0. The number of imidazole rings is 1. The van der Waals surface area contributed by atoms with Crippen molar-refractivity contribution in [2.45, 2.75) is 32.4 Å². The molecule has 3 N–H and O–H groups in total. The fraction of sp³-hybridized carbons (Fsp3) is 0.529. The van der Waals surface area contributed by atoms with E-state index in [1.807, 2.05) is 0 Å². The molecule has 1 aromatic carbocycles. The van der Waals surface area contributed by atoms with Gasteiger partial charge in [0.05, 0.1) is 22.5 Å². The number of benzene rings is 1. The fourth-order valence-corrected chi connectivity index (χ4v) is 3.27. The second-order valence-corrected chi connectivity index (χ2v) is 6.40. The van der Waals surface area contributed by atoms with E-state index in [4.69, 9.17) is 10.5 Å². The van der Waals surface area contributed by atoms with Crippen molar-refractivity contribution in [1.82, 2.24) is 14.9 Å². The lowest BCUT2D eigenvalue weighted by molar-refractivity contribution is -0.136. The van der Waals surface area contributed by atoms with Crippen LogP contribution in [-0.2, 0) is 9.53 Å². The Hall–Kier alpha value is -2.06. The zero-order valence-electron chi connectivity index (χ0n) is 14.0. The molecule has 0 radical (unpaired) electrons. The van der Waals surface area contributed by atoms with Gasteiger partial charge in [0.2, 0.25) is 5.91 Å². The van der Waals surface area contributed by atoms with Crippen LogP contribution in [0.15, 0.2) is 24.3 Å². The number of carbonyl (C=O) groups is 1. The monoisotopic (exact) mass is 352 g/mol. The summed E-state index contributed by atoms with van der Waals surface area (Å²) in [6, 6.07) is 6.02. The number of nitrogens with one attached hydrogen (secondary N) is 1. The maximum absolute atomic E-state index is 13.6. The van der Waals surface area contributed by atoms with E-state index in [-0.39, 0.29) is 18.3 Å². The van der Waals surface area contributed by atoms with Crippen molar-refractivity contribution in [1.29, 1.82) is 0 Å². The Morgan fingerprint density at radius 1 is 1.40 bits per heavy atom. The molecule has 6 nitrogen and oxygen atoms in total. The molecule has 3 rings (SSSR count). The van der Waals surface area contributed by atoms with Gasteiger partial charge in [-0.15, -0.1) is 0 Å². The van der Waals surface area contributed by atoms with Crippen molar-refractivity contribution in [2.24, 2.45) is 11.1 Å². The average Bonchev–Trinajstić information content (AvgIpc) is 3.02. The average molecular weight is 352 g/mol. The van der Waals surface area contributed by atoms with Gasteiger partial charge in [0.25, 0.3) is 0 Å². The van der Waals surface area contributed by atoms with Crippen LogP contribution in [0.2, 0.25) is 0 Å². The lowest BCUT2D eigenvalue weighted by Gasteiger charge is -2.35. The van der Waals surface area contributed by atoms with E-state index in [0.717, 1.165) is 4.57 Å². The number of hydrogen-bond acceptors (Lipinski definition) is 4. The third kappa shape index (κ3) is 3.23. The molecule has 0 bridgehead atoms. The molecule has 2 aromatic rings. The molecule has 0 saturated carbocycles. The first-order valence-corrected chi connectivity index (χ1v) is 8.32. The van der Waals surface area contributed by atoms with Gasteiger partial charge >= 0.3 is 6.55 Å². The molecule has 1 saturated heterocycles. The van der Waals surface area contributed by atoms with Gasteiger partial charge in [0, 0.05) is 19.8 Å². The largest absolute Gasteiger partial charge is 0.381 e. The highest BCUT2D eigenvalue weighted by atomic mass is 19.3. The third-order valence-corrected chi connectivity index (χ3v) is 4.88. The number of amides is 1. The number of nitrogens with zero attached hydrogens (tertiary/aromatic N) is 2. The van der Waals surface area contributed by atoms with Crippen LogP contribution in [0.25, 0.3) is 11.0 Å². The molecule has 136 valence electrons. The molecule has 1 aliphatic rings. The van der Waals surface area contributed by atoms with Crippen molar-refractivity contribution in [3.8, 4) is 0 Å². The molecule has 25 heavy (non-hydrogen) atoms. The molecule has 1 atom stereocenters. The summed E-state index contributed by atoms with van der Waals surface area (Å²) in [6.07, 6.45) is 1.04. The Kier molecular flexibility index (Phi) is 5.01. The second kappa shape index (κ2) is 7.05. The SMILES string of the molecule is CC(NC(=O)C1(CN)CCOCC1)c1nc2ccccc2n1C(F)F. The normalized spacial score (nSPS) is 18.4. The van der Waals surface area contributed by atoms with Crippen LogP contribution in [0.3, 0.4) is 0 Å². The van der Waals surface area contributed by atoms with Gasteiger partial charge in [-0.25, -0.2) is 4.98 Å². The summed E-state index contributed by atoms with van der Waals surface area (Å²) in [5.74, 6) is -0.109. The highest BCUT2D eigenvalue weighted by Gasteiger charge is 2.39. The predicted molar refractivity (Wildman–Crippen MR) is 89.1 cm³/mol. The minimum absolute atomic E-state index is 0.129. The number of nitrogens with two attached hydrogens (primary N) is 1. The van der Waals surface area contributed by atoms with Crippen LogP contribution in [0.5, 0.6) is 0 Å². The number of aromatic nitrogens is 2. The molecule has 1 fully saturated rings. The number of para-hydroxylation sites is 2. The minimum atomic E-state index is -2.74. The Bertz CT molecular complexity index is 756. The van der Waals surface area contributed by atoms with Gasteiger partial charge in [0.1, 0.15) is 5.82 Å². The number of carbonyl (C=O) groups excluding carboxylic acids is 1. The lowest BCUT2D eigenvalue weighted by Crippen LogP contribution is -2.49. The Balaban J connectivity index is 1.88. The van der Waals surface area contributed by atoms with Crippen LogP contribution in [0.4, 0.5) is 8.78 Å². The number of hydrogen-bond donors (Lipinski definition) is 2. The molecule has 8 heteroatoms. The zero-order chi connectivity index (χ0) is 18.0. The maximum atomic E-state index is 13.6. The summed E-state index contributed by atoms with van der Waals surface area (Å²) in [5.41, 5.74) is 5.93. The molecule has 1 aromatic heterocycles. The molecule has 2 heterocycles. The molecule has 0 aliphatic carbocycles. The molecule has 1 amide bonds. The summed E-state index contributed by atoms with van der Waals surface area (Å²) in [7, 11) is 0. The van der Waals surface area contributed by atoms with E-state index < -0.39 is 18.0 Å². The van der Waals surface area contributed by atoms with E-state index in [1.165, 1.54) is 0 Å². The fourth-order valence-electron chi connectivity index (χ4n) is 3.27. The standard InChI is InChI=1S/C17H22F2N4O2/c1-11(21-15(24)17(10-20)6-8-25-9-7-17)14-22-12-4-2-3-5-13(12)23(14)16(18)19/h2-5,11,16H,6-10,20H2,1H3,(H,21,24). The van der Waals surface area contributed by atoms with Crippen molar-refractivity contribution < 1.29 is 18.3 Å². The summed E-state index contributed by atoms with van der Waals surface area (Å²) in [5, 5.41) is 2.82. The van der Waals surface area contributed by atoms with Crippen LogP contribution < -0.4 is 11.1 Å². The summed E-state index contributed by atoms with van der Waals surface area (Å²) in [6.45, 7) is 0.0402. The van der Waals surface area contributed by atoms with E-state index in [9.17, 15) is 13.6 Å². The van der Waals surface area contributed by atoms with E-state index in [2.05, 4.69) is 10.3 Å². The van der Waals surface area contributed by atoms with Crippen LogP contribution in [-0.4, -0.2) is 35.2 Å². The predicted octanol–water partition coefficient (Wildman–Crippen LogP) is 2.36. The molecule has 0 spiro atoms. The van der Waals surface area contributed by atoms with Gasteiger partial charge < -0.3 is 15.8 Å². The topological polar surface area (TPSA) is 82.2 Å². The van der Waals surface area contributed by atoms with Crippen molar-refractivity contribution in [3.05, 3.63) is 30.1 Å². The van der Waals surface area contributed by atoms with Gasteiger partial charge in [-0.2, -0.15) is 8.78 Å². The van der Waals surface area contributed by atoms with Gasteiger partial charge in [-0.05, 0) is 31.9 Å². The first kappa shape index (κ1) is 17.8. The van der Waals surface area contributed by atoms with Crippen LogP contribution >= 0.6 is 0 Å². The highest BCUT2D eigenvalue weighted by Crippen LogP contribution is 2.31. The van der Waals surface area contributed by atoms with E-state index in [0.29, 0.717) is 37.1 Å². The molecular formula is C17H22F2N4O2. The van der Waals surface area contributed by atoms with Gasteiger partial charge in [0.15, 0.2) is 0 Å². The number of halogens is 2. The number of ether oxygens (including phenoxy) is 1. The number of fused-ring (bicyclic) bond motifs is 1. The maximum Gasteiger partial charge on any atom is 0.320 e. The minimum Gasteiger partial charge on any atom is -0.381 e. The van der Waals surface area contributed by atoms with E-state index in [1.54, 1.807) is 31.2 Å². The smallest absolute Gasteiger partial charge is 0.320 e. The zero-order valence-corrected chi connectivity index (χ0v) is 14.0. The summed E-state index contributed by atoms with van der Waals surface area (Å²) in [4.78, 5) is 17.1. The Morgan fingerprint density at radius 3 is 2.72 bits per heavy atom. The quantitative estimate of drug-likeness (QED) is 0.865. The first-order valence-electron chi connectivity index (χ1n) is 8.32. The van der Waals surface area contributed by atoms with Crippen LogP contribution in [0.1, 0.15) is 38.2 Å². The van der Waals surface area contributed by atoms with Gasteiger partial charge in [-0.1, -0.05) is 12.1 Å². The first-order chi connectivity index (χ1) is 12.0. The van der Waals surface area contributed by atoms with Crippen molar-refractivity contribution in [2.75, 3.05) is 19.8 Å². The molecule has 1 aliphatic heterocycles. The molecular weight excluding hydrogens is 330 g/mol.